The third kappa shape index (κ3) is 5.62. The van der Waals surface area contributed by atoms with Crippen molar-refractivity contribution in [1.82, 2.24) is 19.8 Å². The number of carboxylic acid groups (broad SMARTS) is 1. The molecule has 14 heteroatoms. The highest BCUT2D eigenvalue weighted by molar-refractivity contribution is 7.90. The van der Waals surface area contributed by atoms with Crippen molar-refractivity contribution in [2.75, 3.05) is 25.0 Å². The molecule has 3 aliphatic rings. The fraction of sp³-hybridized carbons (Fsp3) is 0.560. The van der Waals surface area contributed by atoms with Gasteiger partial charge in [0.25, 0.3) is 11.8 Å². The minimum absolute atomic E-state index is 0.0470. The van der Waals surface area contributed by atoms with Gasteiger partial charge >= 0.3 is 6.09 Å². The molecule has 2 saturated heterocycles. The van der Waals surface area contributed by atoms with Crippen molar-refractivity contribution >= 4 is 45.4 Å². The molecule has 0 spiro atoms. The van der Waals surface area contributed by atoms with Gasteiger partial charge in [-0.05, 0) is 42.9 Å². The molecule has 3 atom stereocenters. The molecule has 0 aromatic heterocycles. The van der Waals surface area contributed by atoms with E-state index in [2.05, 4.69) is 15.4 Å². The first kappa shape index (κ1) is 28.5. The van der Waals surface area contributed by atoms with Crippen molar-refractivity contribution in [3.8, 4) is 0 Å². The number of benzene rings is 1. The molecule has 1 aromatic carbocycles. The van der Waals surface area contributed by atoms with Crippen LogP contribution in [0.15, 0.2) is 18.2 Å². The fourth-order valence-electron chi connectivity index (χ4n) is 5.35. The van der Waals surface area contributed by atoms with Crippen LogP contribution in [0.2, 0.25) is 0 Å². The lowest BCUT2D eigenvalue weighted by Gasteiger charge is -2.51. The summed E-state index contributed by atoms with van der Waals surface area (Å²) in [5, 5.41) is 13.8. The first-order valence-electron chi connectivity index (χ1n) is 12.8. The normalized spacial score (nSPS) is 23.4. The lowest BCUT2D eigenvalue weighted by molar-refractivity contribution is -0.136. The maximum atomic E-state index is 12.9. The minimum atomic E-state index is -3.70. The lowest BCUT2D eigenvalue weighted by atomic mass is 9.79. The predicted molar refractivity (Wildman–Crippen MR) is 140 cm³/mol. The molecule has 3 heterocycles. The Morgan fingerprint density at radius 3 is 2.38 bits per heavy atom. The Morgan fingerprint density at radius 1 is 1.08 bits per heavy atom. The Hall–Kier alpha value is -3.52. The van der Waals surface area contributed by atoms with E-state index in [9.17, 15) is 37.5 Å². The Bertz CT molecular complexity index is 1320. The highest BCUT2D eigenvalue weighted by atomic mass is 32.2. The first-order valence-corrected chi connectivity index (χ1v) is 14.3. The predicted octanol–water partition coefficient (Wildman–Crippen LogP) is 0.976. The van der Waals surface area contributed by atoms with Gasteiger partial charge in [-0.25, -0.2) is 17.9 Å². The SMILES string of the molecule is CC(C)(C)C1C(S(=O)(=O)NCCCCNc2ccc3c(c2)C(=O)N(C2CCC(=O)NC2=O)C3=O)CN1C(=O)O. The van der Waals surface area contributed by atoms with Gasteiger partial charge in [0.05, 0.1) is 17.2 Å². The van der Waals surface area contributed by atoms with Crippen LogP contribution in [-0.2, 0) is 19.6 Å². The molecule has 4 rings (SSSR count). The molecule has 3 unspecified atom stereocenters. The van der Waals surface area contributed by atoms with Gasteiger partial charge in [-0.1, -0.05) is 20.8 Å². The Morgan fingerprint density at radius 2 is 1.74 bits per heavy atom. The zero-order valence-electron chi connectivity index (χ0n) is 22.0. The smallest absolute Gasteiger partial charge is 0.407 e. The molecule has 39 heavy (non-hydrogen) atoms. The molecular weight excluding hydrogens is 530 g/mol. The molecule has 4 N–H and O–H groups in total. The number of carbonyl (C=O) groups is 5. The van der Waals surface area contributed by atoms with E-state index in [-0.39, 0.29) is 37.1 Å². The number of sulfonamides is 1. The molecular formula is C25H33N5O8S. The van der Waals surface area contributed by atoms with Gasteiger partial charge in [-0.3, -0.25) is 29.4 Å². The van der Waals surface area contributed by atoms with E-state index in [1.54, 1.807) is 12.1 Å². The van der Waals surface area contributed by atoms with Crippen LogP contribution in [0.3, 0.4) is 0 Å². The molecule has 0 bridgehead atoms. The van der Waals surface area contributed by atoms with Crippen molar-refractivity contribution in [3.63, 3.8) is 0 Å². The van der Waals surface area contributed by atoms with E-state index >= 15 is 0 Å². The summed E-state index contributed by atoms with van der Waals surface area (Å²) >= 11 is 0. The average molecular weight is 564 g/mol. The zero-order chi connectivity index (χ0) is 28.7. The molecule has 1 aromatic rings. The summed E-state index contributed by atoms with van der Waals surface area (Å²) in [7, 11) is -3.70. The van der Waals surface area contributed by atoms with Gasteiger partial charge in [-0.2, -0.15) is 0 Å². The van der Waals surface area contributed by atoms with Crippen LogP contribution >= 0.6 is 0 Å². The summed E-state index contributed by atoms with van der Waals surface area (Å²) < 4.78 is 28.2. The van der Waals surface area contributed by atoms with Crippen molar-refractivity contribution in [1.29, 1.82) is 0 Å². The van der Waals surface area contributed by atoms with Crippen LogP contribution in [0.5, 0.6) is 0 Å². The van der Waals surface area contributed by atoms with Gasteiger partial charge in [0.15, 0.2) is 0 Å². The number of piperidine rings is 1. The van der Waals surface area contributed by atoms with E-state index < -0.39 is 62.5 Å². The number of hydrogen-bond donors (Lipinski definition) is 4. The number of fused-ring (bicyclic) bond motifs is 1. The lowest BCUT2D eigenvalue weighted by Crippen LogP contribution is -2.70. The molecule has 212 valence electrons. The van der Waals surface area contributed by atoms with Crippen LogP contribution in [0, 0.1) is 5.41 Å². The van der Waals surface area contributed by atoms with Crippen molar-refractivity contribution in [2.45, 2.75) is 63.8 Å². The molecule has 2 fully saturated rings. The summed E-state index contributed by atoms with van der Waals surface area (Å²) in [5.41, 5.74) is 0.431. The van der Waals surface area contributed by atoms with Gasteiger partial charge in [0.2, 0.25) is 21.8 Å². The third-order valence-corrected chi connectivity index (χ3v) is 9.08. The van der Waals surface area contributed by atoms with Crippen LogP contribution in [0.4, 0.5) is 10.5 Å². The number of carbonyl (C=O) groups excluding carboxylic acids is 4. The van der Waals surface area contributed by atoms with Crippen LogP contribution < -0.4 is 15.4 Å². The quantitative estimate of drug-likeness (QED) is 0.251. The number of hydrogen-bond acceptors (Lipinski definition) is 8. The Kier molecular flexibility index (Phi) is 7.72. The number of amides is 5. The maximum Gasteiger partial charge on any atom is 0.407 e. The molecule has 0 saturated carbocycles. The van der Waals surface area contributed by atoms with E-state index in [4.69, 9.17) is 0 Å². The highest BCUT2D eigenvalue weighted by Gasteiger charge is 2.54. The Labute approximate surface area is 226 Å². The summed E-state index contributed by atoms with van der Waals surface area (Å²) in [6.07, 6.45) is 0.122. The van der Waals surface area contributed by atoms with Gasteiger partial charge in [0, 0.05) is 31.7 Å². The first-order chi connectivity index (χ1) is 18.2. The number of unbranched alkanes of at least 4 members (excludes halogenated alkanes) is 1. The Balaban J connectivity index is 1.26. The van der Waals surface area contributed by atoms with Crippen molar-refractivity contribution in [3.05, 3.63) is 29.3 Å². The summed E-state index contributed by atoms with van der Waals surface area (Å²) in [6.45, 7) is 6.05. The number of nitrogens with one attached hydrogen (secondary N) is 3. The standard InChI is InChI=1S/C25H33N5O8S/c1-25(2,3)20-18(13-29(20)24(35)36)39(37,38)27-11-5-4-10-26-14-6-7-15-16(12-14)23(34)30(22(15)33)17-8-9-19(31)28-21(17)32/h6-7,12,17-18,20,26-27H,4-5,8-11,13H2,1-3H3,(H,35,36)(H,28,31,32). The number of anilines is 1. The second-order valence-corrected chi connectivity index (χ2v) is 13.0. The third-order valence-electron chi connectivity index (χ3n) is 7.27. The number of likely N-dealkylation sites (tertiary alicyclic amines) is 1. The van der Waals surface area contributed by atoms with E-state index in [1.165, 1.54) is 6.07 Å². The largest absolute Gasteiger partial charge is 0.465 e. The topological polar surface area (TPSA) is 182 Å². The fourth-order valence-corrected chi connectivity index (χ4v) is 7.24. The second-order valence-electron chi connectivity index (χ2n) is 11.1. The van der Waals surface area contributed by atoms with Crippen LogP contribution in [-0.4, -0.2) is 90.0 Å². The number of rotatable bonds is 9. The second kappa shape index (κ2) is 10.6. The summed E-state index contributed by atoms with van der Waals surface area (Å²) in [5.74, 6) is -2.27. The molecule has 13 nitrogen and oxygen atoms in total. The monoisotopic (exact) mass is 563 g/mol. The number of imide groups is 2. The maximum absolute atomic E-state index is 12.9. The molecule has 0 aliphatic carbocycles. The summed E-state index contributed by atoms with van der Waals surface area (Å²) in [4.78, 5) is 62.8. The average Bonchev–Trinajstić information content (AvgIpc) is 3.03. The molecule has 5 amide bonds. The van der Waals surface area contributed by atoms with Crippen LogP contribution in [0.25, 0.3) is 0 Å². The zero-order valence-corrected chi connectivity index (χ0v) is 22.8. The van der Waals surface area contributed by atoms with Crippen molar-refractivity contribution < 1.29 is 37.5 Å². The van der Waals surface area contributed by atoms with E-state index in [0.29, 0.717) is 25.1 Å². The van der Waals surface area contributed by atoms with E-state index in [1.807, 2.05) is 20.8 Å². The van der Waals surface area contributed by atoms with Crippen LogP contribution in [0.1, 0.15) is 67.2 Å². The molecule has 3 aliphatic heterocycles. The van der Waals surface area contributed by atoms with Gasteiger partial charge in [-0.15, -0.1) is 0 Å². The van der Waals surface area contributed by atoms with Gasteiger partial charge < -0.3 is 15.3 Å². The summed E-state index contributed by atoms with van der Waals surface area (Å²) in [6, 6.07) is 3.05. The molecule has 0 radical (unpaired) electrons. The van der Waals surface area contributed by atoms with E-state index in [0.717, 1.165) is 9.80 Å². The van der Waals surface area contributed by atoms with Gasteiger partial charge in [0.1, 0.15) is 11.3 Å². The minimum Gasteiger partial charge on any atom is -0.465 e. The number of nitrogens with zero attached hydrogens (tertiary/aromatic N) is 2. The van der Waals surface area contributed by atoms with Crippen molar-refractivity contribution in [2.24, 2.45) is 5.41 Å². The highest BCUT2D eigenvalue weighted by Crippen LogP contribution is 2.37.